The van der Waals surface area contributed by atoms with Gasteiger partial charge >= 0.3 is 0 Å². The predicted molar refractivity (Wildman–Crippen MR) is 121 cm³/mol. The van der Waals surface area contributed by atoms with Gasteiger partial charge in [-0.2, -0.15) is 0 Å². The maximum atomic E-state index is 12.6. The number of carbonyl (C=O) groups is 1. The Balaban J connectivity index is 1.93. The second-order valence-electron chi connectivity index (χ2n) is 8.35. The fourth-order valence-electron chi connectivity index (χ4n) is 3.37. The molecule has 0 unspecified atom stereocenters. The molecule has 2 aromatic carbocycles. The smallest absolute Gasteiger partial charge is 0.260 e. The zero-order valence-corrected chi connectivity index (χ0v) is 19.4. The van der Waals surface area contributed by atoms with Crippen molar-refractivity contribution in [3.8, 4) is 5.75 Å². The molecule has 2 rings (SSSR count). The van der Waals surface area contributed by atoms with Gasteiger partial charge in [0.05, 0.1) is 11.9 Å². The number of benzene rings is 2. The fraction of sp³-hybridized carbons (Fsp3) is 0.435. The summed E-state index contributed by atoms with van der Waals surface area (Å²) < 4.78 is 30.2. The van der Waals surface area contributed by atoms with Crippen LogP contribution in [-0.2, 0) is 20.2 Å². The highest BCUT2D eigenvalue weighted by Crippen LogP contribution is 2.28. The van der Waals surface area contributed by atoms with Gasteiger partial charge in [0.1, 0.15) is 5.75 Å². The van der Waals surface area contributed by atoms with E-state index >= 15 is 0 Å². The van der Waals surface area contributed by atoms with Crippen LogP contribution in [0.4, 0.5) is 5.69 Å². The Bertz CT molecular complexity index is 941. The number of anilines is 1. The van der Waals surface area contributed by atoms with Crippen LogP contribution in [0.2, 0.25) is 0 Å². The van der Waals surface area contributed by atoms with Crippen molar-refractivity contribution in [2.45, 2.75) is 51.7 Å². The third kappa shape index (κ3) is 6.49. The van der Waals surface area contributed by atoms with Crippen LogP contribution in [0.5, 0.6) is 5.75 Å². The van der Waals surface area contributed by atoms with Gasteiger partial charge in [0, 0.05) is 13.1 Å². The molecule has 6 nitrogen and oxygen atoms in total. The number of hydrogen-bond donors (Lipinski definition) is 1. The third-order valence-electron chi connectivity index (χ3n) is 5.14. The lowest BCUT2D eigenvalue weighted by molar-refractivity contribution is -0.128. The largest absolute Gasteiger partial charge is 0.481 e. The van der Waals surface area contributed by atoms with Gasteiger partial charge in [0.15, 0.2) is 6.10 Å². The Kier molecular flexibility index (Phi) is 7.53. The van der Waals surface area contributed by atoms with Crippen LogP contribution in [-0.4, -0.2) is 39.8 Å². The van der Waals surface area contributed by atoms with Gasteiger partial charge in [-0.05, 0) is 55.5 Å². The highest BCUT2D eigenvalue weighted by Gasteiger charge is 2.25. The van der Waals surface area contributed by atoms with Crippen molar-refractivity contribution in [3.63, 3.8) is 0 Å². The zero-order valence-electron chi connectivity index (χ0n) is 18.5. The van der Waals surface area contributed by atoms with Gasteiger partial charge in [-0.3, -0.25) is 9.10 Å². The van der Waals surface area contributed by atoms with Crippen LogP contribution >= 0.6 is 0 Å². The number of ether oxygens (including phenoxy) is 1. The van der Waals surface area contributed by atoms with Gasteiger partial charge in [-0.1, -0.05) is 44.2 Å². The average molecular weight is 433 g/mol. The number of nitrogens with one attached hydrogen (secondary N) is 1. The van der Waals surface area contributed by atoms with Gasteiger partial charge in [0.25, 0.3) is 5.91 Å². The Morgan fingerprint density at radius 2 is 1.63 bits per heavy atom. The van der Waals surface area contributed by atoms with Crippen LogP contribution in [0.3, 0.4) is 0 Å². The van der Waals surface area contributed by atoms with Crippen molar-refractivity contribution in [2.24, 2.45) is 0 Å². The number of amides is 1. The number of rotatable bonds is 9. The first-order valence-electron chi connectivity index (χ1n) is 9.96. The Labute approximate surface area is 180 Å². The van der Waals surface area contributed by atoms with Crippen LogP contribution in [0.1, 0.15) is 39.7 Å². The summed E-state index contributed by atoms with van der Waals surface area (Å²) in [7, 11) is -1.84. The number of nitrogens with zero attached hydrogens (tertiary/aromatic N) is 1. The molecule has 30 heavy (non-hydrogen) atoms. The Morgan fingerprint density at radius 1 is 1.07 bits per heavy atom. The first-order valence-corrected chi connectivity index (χ1v) is 11.8. The molecule has 1 N–H and O–H groups in total. The second-order valence-corrected chi connectivity index (χ2v) is 10.4. The summed E-state index contributed by atoms with van der Waals surface area (Å²) in [5.74, 6) is 0.310. The molecule has 0 aliphatic heterocycles. The maximum Gasteiger partial charge on any atom is 0.260 e. The van der Waals surface area contributed by atoms with Crippen molar-refractivity contribution < 1.29 is 17.9 Å². The molecule has 0 radical (unpaired) electrons. The molecular weight excluding hydrogens is 400 g/mol. The van der Waals surface area contributed by atoms with Crippen LogP contribution in [0, 0.1) is 0 Å². The van der Waals surface area contributed by atoms with Gasteiger partial charge in [-0.15, -0.1) is 0 Å². The summed E-state index contributed by atoms with van der Waals surface area (Å²) in [5.41, 5.74) is 1.69. The van der Waals surface area contributed by atoms with E-state index in [9.17, 15) is 13.2 Å². The minimum absolute atomic E-state index is 0.0236. The van der Waals surface area contributed by atoms with E-state index in [1.165, 1.54) is 16.9 Å². The molecule has 164 valence electrons. The molecular formula is C23H32N2O4S. The third-order valence-corrected chi connectivity index (χ3v) is 6.35. The van der Waals surface area contributed by atoms with Crippen molar-refractivity contribution in [2.75, 3.05) is 17.6 Å². The summed E-state index contributed by atoms with van der Waals surface area (Å²) in [6.07, 6.45) is 1.26. The van der Waals surface area contributed by atoms with Crippen LogP contribution in [0.15, 0.2) is 54.6 Å². The van der Waals surface area contributed by atoms with E-state index < -0.39 is 16.1 Å². The standard InChI is InChI=1S/C23H32N2O4S/c1-17(16-23(3,4)19-10-8-7-9-11-19)24-22(26)18(2)29-21-14-12-20(13-15-21)25(5)30(6,27)28/h7-15,17-18H,16H2,1-6H3,(H,24,26)/t17-,18-/m0/s1. The topological polar surface area (TPSA) is 75.7 Å². The van der Waals surface area contributed by atoms with Crippen molar-refractivity contribution in [3.05, 3.63) is 60.2 Å². The van der Waals surface area contributed by atoms with E-state index in [4.69, 9.17) is 4.74 Å². The molecule has 0 bridgehead atoms. The molecule has 0 aromatic heterocycles. The second kappa shape index (κ2) is 9.51. The van der Waals surface area contributed by atoms with Gasteiger partial charge in [0.2, 0.25) is 10.0 Å². The molecule has 0 fully saturated rings. The highest BCUT2D eigenvalue weighted by molar-refractivity contribution is 7.92. The molecule has 0 saturated heterocycles. The summed E-state index contributed by atoms with van der Waals surface area (Å²) >= 11 is 0. The summed E-state index contributed by atoms with van der Waals surface area (Å²) in [6, 6.07) is 16.8. The fourth-order valence-corrected chi connectivity index (χ4v) is 3.87. The molecule has 7 heteroatoms. The van der Waals surface area contributed by atoms with E-state index in [0.717, 1.165) is 12.7 Å². The van der Waals surface area contributed by atoms with Gasteiger partial charge < -0.3 is 10.1 Å². The molecule has 2 atom stereocenters. The molecule has 0 aliphatic carbocycles. The zero-order chi connectivity index (χ0) is 22.5. The predicted octanol–water partition coefficient (Wildman–Crippen LogP) is 3.72. The lowest BCUT2D eigenvalue weighted by Crippen LogP contribution is -2.43. The SMILES string of the molecule is C[C@H](Oc1ccc(N(C)S(C)(=O)=O)cc1)C(=O)N[C@@H](C)CC(C)(C)c1ccccc1. The van der Waals surface area contributed by atoms with E-state index in [0.29, 0.717) is 11.4 Å². The van der Waals surface area contributed by atoms with Crippen molar-refractivity contribution in [1.82, 2.24) is 5.32 Å². The molecule has 0 aliphatic rings. The molecule has 0 spiro atoms. The van der Waals surface area contributed by atoms with Crippen molar-refractivity contribution in [1.29, 1.82) is 0 Å². The summed E-state index contributed by atoms with van der Waals surface area (Å²) in [6.45, 7) is 8.02. The first kappa shape index (κ1) is 23.7. The van der Waals surface area contributed by atoms with E-state index in [1.54, 1.807) is 31.2 Å². The van der Waals surface area contributed by atoms with Crippen LogP contribution < -0.4 is 14.4 Å². The van der Waals surface area contributed by atoms with Crippen molar-refractivity contribution >= 4 is 21.6 Å². The molecule has 1 amide bonds. The minimum Gasteiger partial charge on any atom is -0.481 e. The lowest BCUT2D eigenvalue weighted by atomic mass is 9.79. The number of hydrogen-bond acceptors (Lipinski definition) is 4. The minimum atomic E-state index is -3.33. The van der Waals surface area contributed by atoms with Crippen LogP contribution in [0.25, 0.3) is 0 Å². The van der Waals surface area contributed by atoms with E-state index in [-0.39, 0.29) is 17.4 Å². The number of carbonyl (C=O) groups excluding carboxylic acids is 1. The quantitative estimate of drug-likeness (QED) is 0.655. The highest BCUT2D eigenvalue weighted by atomic mass is 32.2. The molecule has 2 aromatic rings. The first-order chi connectivity index (χ1) is 13.9. The normalized spacial score (nSPS) is 13.9. The Hall–Kier alpha value is -2.54. The summed E-state index contributed by atoms with van der Waals surface area (Å²) in [5, 5.41) is 3.02. The molecule has 0 saturated carbocycles. The van der Waals surface area contributed by atoms with E-state index in [1.807, 2.05) is 25.1 Å². The maximum absolute atomic E-state index is 12.6. The molecule has 0 heterocycles. The van der Waals surface area contributed by atoms with E-state index in [2.05, 4.69) is 31.3 Å². The van der Waals surface area contributed by atoms with Gasteiger partial charge in [-0.25, -0.2) is 8.42 Å². The summed E-state index contributed by atoms with van der Waals surface area (Å²) in [4.78, 5) is 12.6. The lowest BCUT2D eigenvalue weighted by Gasteiger charge is -2.29. The average Bonchev–Trinajstić information content (AvgIpc) is 2.67. The monoisotopic (exact) mass is 432 g/mol. The number of sulfonamides is 1. The Morgan fingerprint density at radius 3 is 2.17 bits per heavy atom.